The first-order valence-corrected chi connectivity index (χ1v) is 11.0. The largest absolute Gasteiger partial charge is 0.462 e. The number of piperidine rings is 1. The van der Waals surface area contributed by atoms with Crippen molar-refractivity contribution in [2.75, 3.05) is 26.3 Å². The molecular weight excluding hydrogens is 382 g/mol. The predicted octanol–water partition coefficient (Wildman–Crippen LogP) is 4.57. The summed E-state index contributed by atoms with van der Waals surface area (Å²) < 4.78 is 12.5. The van der Waals surface area contributed by atoms with Crippen LogP contribution in [-0.4, -0.2) is 52.9 Å². The topological polar surface area (TPSA) is 73.1 Å². The Bertz CT molecular complexity index is 884. The van der Waals surface area contributed by atoms with Crippen LogP contribution in [0.5, 0.6) is 0 Å². The first-order chi connectivity index (χ1) is 14.5. The van der Waals surface area contributed by atoms with Crippen LogP contribution in [0.4, 0.5) is 4.79 Å². The van der Waals surface area contributed by atoms with Gasteiger partial charge in [-0.05, 0) is 56.7 Å². The Morgan fingerprint density at radius 3 is 2.63 bits per heavy atom. The molecule has 3 rings (SSSR count). The predicted molar refractivity (Wildman–Crippen MR) is 115 cm³/mol. The van der Waals surface area contributed by atoms with Crippen LogP contribution in [0.15, 0.2) is 18.3 Å². The molecule has 3 heterocycles. The number of likely N-dealkylation sites (tertiary alicyclic amines) is 1. The van der Waals surface area contributed by atoms with Crippen molar-refractivity contribution in [2.24, 2.45) is 5.92 Å². The van der Waals surface area contributed by atoms with E-state index >= 15 is 0 Å². The number of ether oxygens (including phenoxy) is 2. The van der Waals surface area contributed by atoms with Gasteiger partial charge in [0, 0.05) is 30.9 Å². The van der Waals surface area contributed by atoms with Gasteiger partial charge in [-0.1, -0.05) is 20.3 Å². The van der Waals surface area contributed by atoms with Gasteiger partial charge in [0.1, 0.15) is 0 Å². The van der Waals surface area contributed by atoms with Gasteiger partial charge in [0.25, 0.3) is 0 Å². The van der Waals surface area contributed by atoms with E-state index in [1.165, 1.54) is 0 Å². The second-order valence-corrected chi connectivity index (χ2v) is 8.01. The smallest absolute Gasteiger partial charge is 0.409 e. The Kier molecular flexibility index (Phi) is 7.34. The van der Waals surface area contributed by atoms with E-state index in [1.54, 1.807) is 6.20 Å². The zero-order valence-corrected chi connectivity index (χ0v) is 18.5. The van der Waals surface area contributed by atoms with Crippen molar-refractivity contribution in [3.8, 4) is 0 Å². The molecule has 30 heavy (non-hydrogen) atoms. The van der Waals surface area contributed by atoms with Crippen LogP contribution >= 0.6 is 0 Å². The number of rotatable bonds is 7. The summed E-state index contributed by atoms with van der Waals surface area (Å²) in [4.78, 5) is 26.6. The van der Waals surface area contributed by atoms with E-state index in [-0.39, 0.29) is 18.0 Å². The minimum Gasteiger partial charge on any atom is -0.462 e. The lowest BCUT2D eigenvalue weighted by Crippen LogP contribution is -2.40. The van der Waals surface area contributed by atoms with Crippen LogP contribution in [-0.2, 0) is 9.47 Å². The number of carbonyl (C=O) groups excluding carboxylic acids is 2. The number of esters is 1. The summed E-state index contributed by atoms with van der Waals surface area (Å²) in [7, 11) is 0. The maximum absolute atomic E-state index is 12.6. The van der Waals surface area contributed by atoms with Gasteiger partial charge in [-0.2, -0.15) is 5.10 Å². The van der Waals surface area contributed by atoms with Gasteiger partial charge in [-0.3, -0.25) is 0 Å². The van der Waals surface area contributed by atoms with Crippen LogP contribution in [0, 0.1) is 12.8 Å². The van der Waals surface area contributed by atoms with Gasteiger partial charge in [-0.15, -0.1) is 0 Å². The van der Waals surface area contributed by atoms with E-state index in [1.807, 2.05) is 35.4 Å². The van der Waals surface area contributed by atoms with Crippen molar-refractivity contribution in [1.29, 1.82) is 0 Å². The van der Waals surface area contributed by atoms with Gasteiger partial charge in [0.05, 0.1) is 24.3 Å². The molecule has 1 aliphatic heterocycles. The van der Waals surface area contributed by atoms with Crippen molar-refractivity contribution in [3.05, 3.63) is 35.2 Å². The molecule has 1 amide bonds. The molecular formula is C23H33N3O4. The van der Waals surface area contributed by atoms with Crippen LogP contribution in [0.25, 0.3) is 5.52 Å². The Labute approximate surface area is 178 Å². The lowest BCUT2D eigenvalue weighted by atomic mass is 9.82. The molecule has 1 aliphatic rings. The second-order valence-electron chi connectivity index (χ2n) is 8.01. The molecule has 0 saturated carbocycles. The molecule has 0 N–H and O–H groups in total. The van der Waals surface area contributed by atoms with E-state index in [9.17, 15) is 9.59 Å². The third-order valence-electron chi connectivity index (χ3n) is 6.13. The Morgan fingerprint density at radius 2 is 1.97 bits per heavy atom. The lowest BCUT2D eigenvalue weighted by molar-refractivity contribution is 0.0527. The van der Waals surface area contributed by atoms with E-state index in [0.717, 1.165) is 42.5 Å². The van der Waals surface area contributed by atoms with Crippen LogP contribution < -0.4 is 0 Å². The fraction of sp³-hybridized carbons (Fsp3) is 0.609. The summed E-state index contributed by atoms with van der Waals surface area (Å²) in [6.07, 6.45) is 5.25. The zero-order chi connectivity index (χ0) is 21.7. The number of fused-ring (bicyclic) bond motifs is 1. The molecule has 164 valence electrons. The van der Waals surface area contributed by atoms with Crippen molar-refractivity contribution in [2.45, 2.75) is 59.3 Å². The summed E-state index contributed by atoms with van der Waals surface area (Å²) in [5.41, 5.74) is 3.37. The average Bonchev–Trinajstić information content (AvgIpc) is 3.05. The molecule has 2 aromatic rings. The molecule has 0 aromatic carbocycles. The second kappa shape index (κ2) is 9.96. The molecule has 0 spiro atoms. The van der Waals surface area contributed by atoms with Crippen molar-refractivity contribution in [3.63, 3.8) is 0 Å². The Morgan fingerprint density at radius 1 is 1.23 bits per heavy atom. The highest BCUT2D eigenvalue weighted by atomic mass is 16.6. The van der Waals surface area contributed by atoms with E-state index in [4.69, 9.17) is 9.47 Å². The minimum absolute atomic E-state index is 0.203. The number of aromatic nitrogens is 2. The number of hydrogen-bond acceptors (Lipinski definition) is 5. The summed E-state index contributed by atoms with van der Waals surface area (Å²) in [5, 5.41) is 4.53. The number of unbranched alkanes of at least 4 members (excludes halogenated alkanes) is 1. The summed E-state index contributed by atoms with van der Waals surface area (Å²) >= 11 is 0. The molecule has 1 saturated heterocycles. The minimum atomic E-state index is -0.302. The van der Waals surface area contributed by atoms with Crippen LogP contribution in [0.1, 0.15) is 74.0 Å². The summed E-state index contributed by atoms with van der Waals surface area (Å²) in [6.45, 7) is 10.3. The standard InChI is InChI=1S/C23H33N3O4/c1-5-7-15-30-23(28)25-13-10-18(11-14-25)16(3)21-17(4)20(22(27)29-6-2)19-9-8-12-24-26(19)21/h8-9,12,16,18H,5-7,10-11,13-15H2,1-4H3. The maximum Gasteiger partial charge on any atom is 0.409 e. The maximum atomic E-state index is 12.6. The third-order valence-corrected chi connectivity index (χ3v) is 6.13. The first-order valence-electron chi connectivity index (χ1n) is 11.0. The van der Waals surface area contributed by atoms with Crippen molar-refractivity contribution >= 4 is 17.6 Å². The van der Waals surface area contributed by atoms with Gasteiger partial charge in [0.2, 0.25) is 0 Å². The van der Waals surface area contributed by atoms with E-state index < -0.39 is 0 Å². The number of carbonyl (C=O) groups is 2. The SMILES string of the molecule is CCCCOC(=O)N1CCC(C(C)c2c(C)c(C(=O)OCC)c3cccnn23)CC1. The fourth-order valence-electron chi connectivity index (χ4n) is 4.43. The number of nitrogens with zero attached hydrogens (tertiary/aromatic N) is 3. The highest BCUT2D eigenvalue weighted by Gasteiger charge is 2.32. The van der Waals surface area contributed by atoms with Crippen LogP contribution in [0.3, 0.4) is 0 Å². The van der Waals surface area contributed by atoms with Gasteiger partial charge in [-0.25, -0.2) is 14.1 Å². The normalized spacial score (nSPS) is 15.9. The molecule has 1 unspecified atom stereocenters. The van der Waals surface area contributed by atoms with Crippen molar-refractivity contribution in [1.82, 2.24) is 14.5 Å². The zero-order valence-electron chi connectivity index (χ0n) is 18.5. The molecule has 1 atom stereocenters. The molecule has 0 aliphatic carbocycles. The van der Waals surface area contributed by atoms with Gasteiger partial charge < -0.3 is 14.4 Å². The summed E-state index contributed by atoms with van der Waals surface area (Å²) in [5.74, 6) is 0.302. The molecule has 0 bridgehead atoms. The number of hydrogen-bond donors (Lipinski definition) is 0. The highest BCUT2D eigenvalue weighted by molar-refractivity contribution is 5.99. The van der Waals surface area contributed by atoms with Gasteiger partial charge in [0.15, 0.2) is 0 Å². The van der Waals surface area contributed by atoms with E-state index in [2.05, 4.69) is 18.9 Å². The highest BCUT2D eigenvalue weighted by Crippen LogP contribution is 2.37. The molecule has 1 fully saturated rings. The molecule has 2 aromatic heterocycles. The fourth-order valence-corrected chi connectivity index (χ4v) is 4.43. The number of amides is 1. The third kappa shape index (κ3) is 4.45. The molecule has 7 nitrogen and oxygen atoms in total. The molecule has 7 heteroatoms. The average molecular weight is 416 g/mol. The lowest BCUT2D eigenvalue weighted by Gasteiger charge is -2.34. The van der Waals surface area contributed by atoms with Crippen LogP contribution in [0.2, 0.25) is 0 Å². The Hall–Kier alpha value is -2.57. The van der Waals surface area contributed by atoms with E-state index in [0.29, 0.717) is 37.8 Å². The Balaban J connectivity index is 1.76. The van der Waals surface area contributed by atoms with Gasteiger partial charge >= 0.3 is 12.1 Å². The first kappa shape index (κ1) is 22.1. The quantitative estimate of drug-likeness (QED) is 0.489. The summed E-state index contributed by atoms with van der Waals surface area (Å²) in [6, 6.07) is 3.76. The van der Waals surface area contributed by atoms with Crippen molar-refractivity contribution < 1.29 is 19.1 Å². The molecule has 0 radical (unpaired) electrons. The monoisotopic (exact) mass is 415 g/mol.